The van der Waals surface area contributed by atoms with Crippen molar-refractivity contribution in [2.24, 2.45) is 0 Å². The van der Waals surface area contributed by atoms with Crippen LogP contribution in [-0.2, 0) is 11.3 Å². The van der Waals surface area contributed by atoms with E-state index in [1.54, 1.807) is 36.4 Å². The molecular formula is C26H21Br2NO3. The molecule has 3 aromatic rings. The smallest absolute Gasteiger partial charge is 0.187 e. The van der Waals surface area contributed by atoms with E-state index in [0.29, 0.717) is 24.2 Å². The first-order valence-corrected chi connectivity index (χ1v) is 11.7. The number of rotatable bonds is 4. The fraction of sp³-hybridized carbons (Fsp3) is 0.115. The van der Waals surface area contributed by atoms with E-state index in [1.165, 1.54) is 5.56 Å². The highest BCUT2D eigenvalue weighted by Gasteiger charge is 2.26. The second-order valence-electron chi connectivity index (χ2n) is 7.71. The van der Waals surface area contributed by atoms with Gasteiger partial charge in [0.15, 0.2) is 5.78 Å². The number of hydrogen-bond acceptors (Lipinski definition) is 4. The van der Waals surface area contributed by atoms with Crippen molar-refractivity contribution < 1.29 is 15.0 Å². The molecule has 0 unspecified atom stereocenters. The normalized spacial score (nSPS) is 17.2. The Morgan fingerprint density at radius 1 is 0.781 bits per heavy atom. The SMILES string of the molecule is O=C1/C(=C/c2ccc(O)cc2Br)CN(Cc2ccccc2)C/C1=C\c1ccc(O)cc1Br. The Kier molecular flexibility index (Phi) is 6.94. The molecule has 3 aromatic carbocycles. The van der Waals surface area contributed by atoms with Crippen LogP contribution in [0.25, 0.3) is 12.2 Å². The van der Waals surface area contributed by atoms with Crippen LogP contribution in [0.2, 0.25) is 0 Å². The maximum atomic E-state index is 13.4. The second-order valence-corrected chi connectivity index (χ2v) is 9.42. The van der Waals surface area contributed by atoms with E-state index in [4.69, 9.17) is 0 Å². The molecule has 4 rings (SSSR count). The Bertz CT molecular complexity index is 1150. The van der Waals surface area contributed by atoms with Crippen LogP contribution >= 0.6 is 31.9 Å². The van der Waals surface area contributed by atoms with Gasteiger partial charge >= 0.3 is 0 Å². The van der Waals surface area contributed by atoms with Gasteiger partial charge in [-0.05, 0) is 53.1 Å². The number of benzene rings is 3. The average molecular weight is 555 g/mol. The first kappa shape index (κ1) is 22.5. The molecule has 0 radical (unpaired) electrons. The van der Waals surface area contributed by atoms with Crippen molar-refractivity contribution in [2.45, 2.75) is 6.54 Å². The number of aromatic hydroxyl groups is 2. The fourth-order valence-corrected chi connectivity index (χ4v) is 4.67. The molecule has 1 aliphatic rings. The quantitative estimate of drug-likeness (QED) is 0.378. The van der Waals surface area contributed by atoms with Crippen molar-refractivity contribution in [3.8, 4) is 11.5 Å². The standard InChI is InChI=1S/C26H21Br2NO3/c27-24-12-22(30)8-6-18(24)10-20-15-29(14-17-4-2-1-3-5-17)16-21(26(20)32)11-19-7-9-23(31)13-25(19)28/h1-13,30-31H,14-16H2/b20-10+,21-11+. The number of halogens is 2. The van der Waals surface area contributed by atoms with Gasteiger partial charge in [0.2, 0.25) is 0 Å². The molecule has 0 spiro atoms. The highest BCUT2D eigenvalue weighted by atomic mass is 79.9. The van der Waals surface area contributed by atoms with Gasteiger partial charge < -0.3 is 10.2 Å². The Labute approximate surface area is 203 Å². The van der Waals surface area contributed by atoms with E-state index >= 15 is 0 Å². The molecular weight excluding hydrogens is 534 g/mol. The Balaban J connectivity index is 1.72. The summed E-state index contributed by atoms with van der Waals surface area (Å²) in [5, 5.41) is 19.4. The molecule has 2 N–H and O–H groups in total. The van der Waals surface area contributed by atoms with Gasteiger partial charge in [-0.1, -0.05) is 74.3 Å². The maximum absolute atomic E-state index is 13.4. The predicted octanol–water partition coefficient (Wildman–Crippen LogP) is 6.17. The lowest BCUT2D eigenvalue weighted by Crippen LogP contribution is -2.37. The number of piperidine rings is 1. The van der Waals surface area contributed by atoms with E-state index in [0.717, 1.165) is 26.6 Å². The van der Waals surface area contributed by atoms with Crippen molar-refractivity contribution in [3.05, 3.63) is 104 Å². The molecule has 1 fully saturated rings. The van der Waals surface area contributed by atoms with E-state index in [9.17, 15) is 15.0 Å². The van der Waals surface area contributed by atoms with Crippen LogP contribution < -0.4 is 0 Å². The highest BCUT2D eigenvalue weighted by molar-refractivity contribution is 9.10. The van der Waals surface area contributed by atoms with Gasteiger partial charge in [-0.15, -0.1) is 0 Å². The molecule has 0 bridgehead atoms. The van der Waals surface area contributed by atoms with Crippen LogP contribution in [0.5, 0.6) is 11.5 Å². The zero-order valence-corrected chi connectivity index (χ0v) is 20.3. The van der Waals surface area contributed by atoms with Gasteiger partial charge in [0, 0.05) is 39.7 Å². The minimum absolute atomic E-state index is 0.00531. The lowest BCUT2D eigenvalue weighted by Gasteiger charge is -2.30. The van der Waals surface area contributed by atoms with Gasteiger partial charge in [-0.3, -0.25) is 9.69 Å². The fourth-order valence-electron chi connectivity index (χ4n) is 3.70. The number of hydrogen-bond donors (Lipinski definition) is 2. The minimum atomic E-state index is -0.00531. The molecule has 1 aliphatic heterocycles. The van der Waals surface area contributed by atoms with Crippen LogP contribution in [0.4, 0.5) is 0 Å². The van der Waals surface area contributed by atoms with E-state index in [2.05, 4.69) is 48.9 Å². The number of phenolic OH excluding ortho intramolecular Hbond substituents is 2. The van der Waals surface area contributed by atoms with E-state index in [-0.39, 0.29) is 17.3 Å². The van der Waals surface area contributed by atoms with Crippen molar-refractivity contribution >= 4 is 49.8 Å². The summed E-state index contributed by atoms with van der Waals surface area (Å²) >= 11 is 6.95. The number of Topliss-reactive ketones (excluding diaryl/α,β-unsaturated/α-hetero) is 1. The largest absolute Gasteiger partial charge is 0.508 e. The third-order valence-electron chi connectivity index (χ3n) is 5.25. The zero-order valence-electron chi connectivity index (χ0n) is 17.1. The number of nitrogens with zero attached hydrogens (tertiary/aromatic N) is 1. The van der Waals surface area contributed by atoms with Crippen molar-refractivity contribution in [2.75, 3.05) is 13.1 Å². The Hall–Kier alpha value is -2.67. The van der Waals surface area contributed by atoms with Crippen molar-refractivity contribution in [1.82, 2.24) is 4.90 Å². The molecule has 0 aromatic heterocycles. The molecule has 32 heavy (non-hydrogen) atoms. The number of likely N-dealkylation sites (tertiary alicyclic amines) is 1. The summed E-state index contributed by atoms with van der Waals surface area (Å²) in [5.41, 5.74) is 4.20. The molecule has 162 valence electrons. The lowest BCUT2D eigenvalue weighted by molar-refractivity contribution is -0.113. The third kappa shape index (κ3) is 5.38. The number of carbonyl (C=O) groups is 1. The maximum Gasteiger partial charge on any atom is 0.187 e. The van der Waals surface area contributed by atoms with Crippen LogP contribution in [0.3, 0.4) is 0 Å². The molecule has 6 heteroatoms. The van der Waals surface area contributed by atoms with Crippen LogP contribution in [-0.4, -0.2) is 34.0 Å². The predicted molar refractivity (Wildman–Crippen MR) is 134 cm³/mol. The average Bonchev–Trinajstić information content (AvgIpc) is 2.76. The van der Waals surface area contributed by atoms with Gasteiger partial charge in [0.05, 0.1) is 0 Å². The molecule has 1 heterocycles. The summed E-state index contributed by atoms with van der Waals surface area (Å²) in [6.07, 6.45) is 3.76. The molecule has 0 amide bonds. The molecule has 0 saturated carbocycles. The number of phenols is 2. The summed E-state index contributed by atoms with van der Waals surface area (Å²) in [4.78, 5) is 15.6. The molecule has 0 atom stereocenters. The van der Waals surface area contributed by atoms with Crippen LogP contribution in [0, 0.1) is 0 Å². The van der Waals surface area contributed by atoms with Gasteiger partial charge in [0.1, 0.15) is 11.5 Å². The van der Waals surface area contributed by atoms with E-state index < -0.39 is 0 Å². The minimum Gasteiger partial charge on any atom is -0.508 e. The Morgan fingerprint density at radius 3 is 1.75 bits per heavy atom. The summed E-state index contributed by atoms with van der Waals surface area (Å²) in [6.45, 7) is 1.76. The third-order valence-corrected chi connectivity index (χ3v) is 6.62. The summed E-state index contributed by atoms with van der Waals surface area (Å²) < 4.78 is 1.45. The topological polar surface area (TPSA) is 60.8 Å². The first-order valence-electron chi connectivity index (χ1n) is 10.1. The molecule has 1 saturated heterocycles. The summed E-state index contributed by atoms with van der Waals surface area (Å²) in [7, 11) is 0. The van der Waals surface area contributed by atoms with Gasteiger partial charge in [0.25, 0.3) is 0 Å². The highest BCUT2D eigenvalue weighted by Crippen LogP contribution is 2.30. The summed E-state index contributed by atoms with van der Waals surface area (Å²) in [6, 6.07) is 20.2. The summed E-state index contributed by atoms with van der Waals surface area (Å²) in [5.74, 6) is 0.323. The monoisotopic (exact) mass is 553 g/mol. The lowest BCUT2D eigenvalue weighted by atomic mass is 9.94. The first-order chi connectivity index (χ1) is 15.4. The van der Waals surface area contributed by atoms with Crippen molar-refractivity contribution in [3.63, 3.8) is 0 Å². The van der Waals surface area contributed by atoms with Crippen LogP contribution in [0.15, 0.2) is 86.8 Å². The molecule has 0 aliphatic carbocycles. The Morgan fingerprint density at radius 2 is 1.28 bits per heavy atom. The second kappa shape index (κ2) is 9.86. The van der Waals surface area contributed by atoms with Crippen molar-refractivity contribution in [1.29, 1.82) is 0 Å². The number of carbonyl (C=O) groups excluding carboxylic acids is 1. The van der Waals surface area contributed by atoms with Crippen LogP contribution in [0.1, 0.15) is 16.7 Å². The number of ketones is 1. The van der Waals surface area contributed by atoms with Gasteiger partial charge in [-0.2, -0.15) is 0 Å². The van der Waals surface area contributed by atoms with E-state index in [1.807, 2.05) is 30.4 Å². The zero-order chi connectivity index (χ0) is 22.7. The molecule has 4 nitrogen and oxygen atoms in total. The van der Waals surface area contributed by atoms with Gasteiger partial charge in [-0.25, -0.2) is 0 Å².